The quantitative estimate of drug-likeness (QED) is 0.769. The molecule has 0 aliphatic heterocycles. The van der Waals surface area contributed by atoms with Crippen molar-refractivity contribution in [3.8, 4) is 5.75 Å². The molecule has 2 aromatic carbocycles. The summed E-state index contributed by atoms with van der Waals surface area (Å²) >= 11 is 6.23. The van der Waals surface area contributed by atoms with Crippen LogP contribution in [0.1, 0.15) is 5.56 Å². The molecule has 3 aromatic rings. The Hall–Kier alpha value is -2.26. The molecule has 0 saturated carbocycles. The van der Waals surface area contributed by atoms with Crippen molar-refractivity contribution in [3.63, 3.8) is 0 Å². The van der Waals surface area contributed by atoms with Gasteiger partial charge in [0.05, 0.1) is 24.5 Å². The van der Waals surface area contributed by atoms with Crippen LogP contribution in [-0.2, 0) is 6.54 Å². The fourth-order valence-corrected chi connectivity index (χ4v) is 2.49. The van der Waals surface area contributed by atoms with E-state index < -0.39 is 0 Å². The van der Waals surface area contributed by atoms with Crippen molar-refractivity contribution >= 4 is 28.2 Å². The zero-order valence-electron chi connectivity index (χ0n) is 11.6. The van der Waals surface area contributed by atoms with E-state index in [1.165, 1.54) is 0 Å². The third kappa shape index (κ3) is 2.93. The molecule has 0 aliphatic rings. The Morgan fingerprint density at radius 2 is 2.00 bits per heavy atom. The molecule has 106 valence electrons. The van der Waals surface area contributed by atoms with Crippen molar-refractivity contribution in [2.24, 2.45) is 0 Å². The van der Waals surface area contributed by atoms with Gasteiger partial charge in [0.2, 0.25) is 0 Å². The summed E-state index contributed by atoms with van der Waals surface area (Å²) < 4.78 is 5.34. The molecule has 0 radical (unpaired) electrons. The number of hydrogen-bond acceptors (Lipinski definition) is 3. The second-order valence-corrected chi connectivity index (χ2v) is 5.10. The predicted octanol–water partition coefficient (Wildman–Crippen LogP) is 4.51. The summed E-state index contributed by atoms with van der Waals surface area (Å²) in [5.74, 6) is 0.781. The smallest absolute Gasteiger partial charge is 0.125 e. The zero-order chi connectivity index (χ0) is 14.7. The van der Waals surface area contributed by atoms with Crippen LogP contribution in [-0.4, -0.2) is 12.1 Å². The zero-order valence-corrected chi connectivity index (χ0v) is 12.4. The Kier molecular flexibility index (Phi) is 3.93. The Morgan fingerprint density at radius 3 is 2.86 bits per heavy atom. The highest BCUT2D eigenvalue weighted by molar-refractivity contribution is 6.31. The van der Waals surface area contributed by atoms with E-state index in [-0.39, 0.29) is 0 Å². The van der Waals surface area contributed by atoms with Gasteiger partial charge in [-0.15, -0.1) is 0 Å². The number of nitrogens with zero attached hydrogens (tertiary/aromatic N) is 1. The van der Waals surface area contributed by atoms with Crippen LogP contribution in [0.4, 0.5) is 5.69 Å². The summed E-state index contributed by atoms with van der Waals surface area (Å²) in [6, 6.07) is 15.7. The van der Waals surface area contributed by atoms with Crippen molar-refractivity contribution in [1.29, 1.82) is 0 Å². The largest absolute Gasteiger partial charge is 0.496 e. The minimum absolute atomic E-state index is 0.586. The Morgan fingerprint density at radius 1 is 1.14 bits per heavy atom. The number of para-hydroxylation sites is 1. The molecule has 0 unspecified atom stereocenters. The number of fused-ring (bicyclic) bond motifs is 1. The normalized spacial score (nSPS) is 10.6. The maximum atomic E-state index is 6.23. The lowest BCUT2D eigenvalue weighted by molar-refractivity contribution is 0.410. The van der Waals surface area contributed by atoms with Gasteiger partial charge in [0, 0.05) is 22.5 Å². The van der Waals surface area contributed by atoms with Crippen LogP contribution in [0.2, 0.25) is 5.02 Å². The first kappa shape index (κ1) is 13.7. The van der Waals surface area contributed by atoms with E-state index in [0.717, 1.165) is 27.9 Å². The summed E-state index contributed by atoms with van der Waals surface area (Å²) in [6.07, 6.45) is 1.83. The van der Waals surface area contributed by atoms with E-state index in [1.54, 1.807) is 7.11 Å². The van der Waals surface area contributed by atoms with E-state index in [1.807, 2.05) is 48.7 Å². The minimum Gasteiger partial charge on any atom is -0.496 e. The molecular formula is C17H15ClN2O. The first-order valence-electron chi connectivity index (χ1n) is 6.68. The molecule has 0 aliphatic carbocycles. The van der Waals surface area contributed by atoms with Crippen molar-refractivity contribution in [2.75, 3.05) is 12.4 Å². The molecule has 3 rings (SSSR count). The molecule has 4 heteroatoms. The Balaban J connectivity index is 1.83. The summed E-state index contributed by atoms with van der Waals surface area (Å²) in [6.45, 7) is 0.586. The molecule has 1 aromatic heterocycles. The number of halogens is 1. The SMILES string of the molecule is COc1cccc(Cl)c1CNc1cnc2ccccc2c1. The lowest BCUT2D eigenvalue weighted by Gasteiger charge is -2.12. The molecule has 0 saturated heterocycles. The fourth-order valence-electron chi connectivity index (χ4n) is 2.26. The molecule has 0 bridgehead atoms. The molecular weight excluding hydrogens is 284 g/mol. The summed E-state index contributed by atoms with van der Waals surface area (Å²) in [7, 11) is 1.65. The molecule has 1 heterocycles. The monoisotopic (exact) mass is 298 g/mol. The Labute approximate surface area is 128 Å². The third-order valence-electron chi connectivity index (χ3n) is 3.36. The van der Waals surface area contributed by atoms with Gasteiger partial charge in [-0.3, -0.25) is 4.98 Å². The maximum absolute atomic E-state index is 6.23. The van der Waals surface area contributed by atoms with Gasteiger partial charge >= 0.3 is 0 Å². The lowest BCUT2D eigenvalue weighted by atomic mass is 10.2. The second kappa shape index (κ2) is 6.02. The van der Waals surface area contributed by atoms with Crippen molar-refractivity contribution in [1.82, 2.24) is 4.98 Å². The van der Waals surface area contributed by atoms with Gasteiger partial charge in [0.25, 0.3) is 0 Å². The average Bonchev–Trinajstić information content (AvgIpc) is 2.53. The van der Waals surface area contributed by atoms with Gasteiger partial charge in [-0.2, -0.15) is 0 Å². The van der Waals surface area contributed by atoms with Gasteiger partial charge in [-0.25, -0.2) is 0 Å². The molecule has 3 nitrogen and oxygen atoms in total. The molecule has 21 heavy (non-hydrogen) atoms. The summed E-state index contributed by atoms with van der Waals surface area (Å²) in [5.41, 5.74) is 2.88. The van der Waals surface area contributed by atoms with Crippen molar-refractivity contribution in [3.05, 3.63) is 65.3 Å². The standard InChI is InChI=1S/C17H15ClN2O/c1-21-17-8-4-6-15(18)14(17)11-19-13-9-12-5-2-3-7-16(12)20-10-13/h2-10,19H,11H2,1H3. The first-order chi connectivity index (χ1) is 10.3. The third-order valence-corrected chi connectivity index (χ3v) is 3.71. The molecule has 0 spiro atoms. The number of anilines is 1. The highest BCUT2D eigenvalue weighted by Gasteiger charge is 2.07. The Bertz CT molecular complexity index is 774. The second-order valence-electron chi connectivity index (χ2n) is 4.69. The van der Waals surface area contributed by atoms with Crippen LogP contribution >= 0.6 is 11.6 Å². The van der Waals surface area contributed by atoms with Gasteiger partial charge < -0.3 is 10.1 Å². The van der Waals surface area contributed by atoms with E-state index in [9.17, 15) is 0 Å². The lowest BCUT2D eigenvalue weighted by Crippen LogP contribution is -2.02. The summed E-state index contributed by atoms with van der Waals surface area (Å²) in [5, 5.41) is 5.14. The van der Waals surface area contributed by atoms with Gasteiger partial charge in [0.15, 0.2) is 0 Å². The molecule has 1 N–H and O–H groups in total. The van der Waals surface area contributed by atoms with Gasteiger partial charge in [-0.05, 0) is 24.3 Å². The van der Waals surface area contributed by atoms with E-state index >= 15 is 0 Å². The van der Waals surface area contributed by atoms with E-state index in [4.69, 9.17) is 16.3 Å². The first-order valence-corrected chi connectivity index (χ1v) is 7.06. The number of rotatable bonds is 4. The number of ether oxygens (including phenoxy) is 1. The number of benzene rings is 2. The van der Waals surface area contributed by atoms with Crippen LogP contribution in [0.25, 0.3) is 10.9 Å². The minimum atomic E-state index is 0.586. The molecule has 0 fully saturated rings. The van der Waals surface area contributed by atoms with Crippen molar-refractivity contribution < 1.29 is 4.74 Å². The summed E-state index contributed by atoms with van der Waals surface area (Å²) in [4.78, 5) is 4.43. The number of pyridine rings is 1. The van der Waals surface area contributed by atoms with E-state index in [0.29, 0.717) is 11.6 Å². The molecule has 0 atom stereocenters. The van der Waals surface area contributed by atoms with Crippen LogP contribution < -0.4 is 10.1 Å². The van der Waals surface area contributed by atoms with Crippen LogP contribution in [0.5, 0.6) is 5.75 Å². The number of methoxy groups -OCH3 is 1. The maximum Gasteiger partial charge on any atom is 0.125 e. The average molecular weight is 299 g/mol. The van der Waals surface area contributed by atoms with Crippen LogP contribution in [0.3, 0.4) is 0 Å². The highest BCUT2D eigenvalue weighted by Crippen LogP contribution is 2.27. The van der Waals surface area contributed by atoms with Gasteiger partial charge in [0.1, 0.15) is 5.75 Å². The van der Waals surface area contributed by atoms with Crippen LogP contribution in [0, 0.1) is 0 Å². The fraction of sp³-hybridized carbons (Fsp3) is 0.118. The topological polar surface area (TPSA) is 34.1 Å². The van der Waals surface area contributed by atoms with E-state index in [2.05, 4.69) is 16.4 Å². The molecule has 0 amide bonds. The number of aromatic nitrogens is 1. The van der Waals surface area contributed by atoms with Crippen LogP contribution in [0.15, 0.2) is 54.7 Å². The predicted molar refractivity (Wildman–Crippen MR) is 87.1 cm³/mol. The number of nitrogens with one attached hydrogen (secondary N) is 1. The highest BCUT2D eigenvalue weighted by atomic mass is 35.5. The van der Waals surface area contributed by atoms with Gasteiger partial charge in [-0.1, -0.05) is 35.9 Å². The van der Waals surface area contributed by atoms with Crippen molar-refractivity contribution in [2.45, 2.75) is 6.54 Å². The number of hydrogen-bond donors (Lipinski definition) is 1.